The molecule has 3 rings (SSSR count). The van der Waals surface area contributed by atoms with Gasteiger partial charge in [0.25, 0.3) is 0 Å². The molecular formula is C13H16N4O2S. The van der Waals surface area contributed by atoms with Gasteiger partial charge >= 0.3 is 0 Å². The molecule has 0 N–H and O–H groups in total. The molecular weight excluding hydrogens is 276 g/mol. The summed E-state index contributed by atoms with van der Waals surface area (Å²) in [4.78, 5) is 18.7. The smallest absolute Gasteiger partial charge is 0.229 e. The molecule has 106 valence electrons. The second kappa shape index (κ2) is 5.32. The predicted octanol–water partition coefficient (Wildman–Crippen LogP) is 2.05. The summed E-state index contributed by atoms with van der Waals surface area (Å²) in [6.45, 7) is 4.57. The van der Waals surface area contributed by atoms with Crippen LogP contribution in [-0.4, -0.2) is 32.6 Å². The van der Waals surface area contributed by atoms with E-state index in [1.54, 1.807) is 11.3 Å². The van der Waals surface area contributed by atoms with Crippen molar-refractivity contribution in [1.29, 1.82) is 0 Å². The van der Waals surface area contributed by atoms with Crippen molar-refractivity contribution in [2.24, 2.45) is 0 Å². The number of aromatic nitrogens is 3. The van der Waals surface area contributed by atoms with Gasteiger partial charge in [-0.1, -0.05) is 10.3 Å². The average Bonchev–Trinajstić information content (AvgIpc) is 3.10. The van der Waals surface area contributed by atoms with Crippen LogP contribution in [-0.2, 0) is 11.2 Å². The Morgan fingerprint density at radius 3 is 3.00 bits per heavy atom. The van der Waals surface area contributed by atoms with E-state index in [1.807, 2.05) is 24.1 Å². The number of aryl methyl sites for hydroxylation is 2. The molecule has 1 aliphatic rings. The number of thiazole rings is 1. The first-order chi connectivity index (χ1) is 9.65. The molecule has 1 aliphatic heterocycles. The van der Waals surface area contributed by atoms with E-state index >= 15 is 0 Å². The van der Waals surface area contributed by atoms with Crippen LogP contribution in [0, 0.1) is 13.8 Å². The van der Waals surface area contributed by atoms with Gasteiger partial charge in [-0.15, -0.1) is 11.3 Å². The van der Waals surface area contributed by atoms with Gasteiger partial charge < -0.3 is 4.90 Å². The third kappa shape index (κ3) is 2.45. The van der Waals surface area contributed by atoms with Crippen molar-refractivity contribution in [3.63, 3.8) is 0 Å². The largest absolute Gasteiger partial charge is 0.334 e. The van der Waals surface area contributed by atoms with E-state index < -0.39 is 0 Å². The van der Waals surface area contributed by atoms with E-state index in [9.17, 15) is 4.79 Å². The highest BCUT2D eigenvalue weighted by Crippen LogP contribution is 2.32. The third-order valence-electron chi connectivity index (χ3n) is 3.58. The van der Waals surface area contributed by atoms with Crippen LogP contribution in [0.3, 0.4) is 0 Å². The number of carbonyl (C=O) groups excluding carboxylic acids is 1. The maximum absolute atomic E-state index is 12.5. The highest BCUT2D eigenvalue weighted by molar-refractivity contribution is 7.09. The summed E-state index contributed by atoms with van der Waals surface area (Å²) in [6, 6.07) is -0.00603. The van der Waals surface area contributed by atoms with Gasteiger partial charge in [0.2, 0.25) is 5.91 Å². The summed E-state index contributed by atoms with van der Waals surface area (Å²) >= 11 is 1.57. The van der Waals surface area contributed by atoms with Gasteiger partial charge in [0.15, 0.2) is 0 Å². The fourth-order valence-corrected chi connectivity index (χ4v) is 3.25. The van der Waals surface area contributed by atoms with Crippen LogP contribution in [0.5, 0.6) is 0 Å². The molecule has 6 nitrogen and oxygen atoms in total. The quantitative estimate of drug-likeness (QED) is 0.865. The maximum atomic E-state index is 12.5. The summed E-state index contributed by atoms with van der Waals surface area (Å²) < 4.78 is 4.76. The lowest BCUT2D eigenvalue weighted by Gasteiger charge is -2.22. The molecule has 7 heteroatoms. The molecule has 1 saturated heterocycles. The van der Waals surface area contributed by atoms with E-state index in [4.69, 9.17) is 4.63 Å². The van der Waals surface area contributed by atoms with Gasteiger partial charge in [0.1, 0.15) is 11.4 Å². The highest BCUT2D eigenvalue weighted by atomic mass is 32.1. The van der Waals surface area contributed by atoms with Crippen molar-refractivity contribution < 1.29 is 9.42 Å². The summed E-state index contributed by atoms with van der Waals surface area (Å²) in [7, 11) is 0. The Hall–Kier alpha value is -1.76. The minimum Gasteiger partial charge on any atom is -0.334 e. The van der Waals surface area contributed by atoms with E-state index in [-0.39, 0.29) is 11.9 Å². The molecule has 20 heavy (non-hydrogen) atoms. The van der Waals surface area contributed by atoms with Gasteiger partial charge in [0, 0.05) is 11.9 Å². The summed E-state index contributed by atoms with van der Waals surface area (Å²) in [5.41, 5.74) is 2.39. The van der Waals surface area contributed by atoms with Crippen LogP contribution in [0.15, 0.2) is 10.0 Å². The Morgan fingerprint density at radius 2 is 2.35 bits per heavy atom. The van der Waals surface area contributed by atoms with Gasteiger partial charge in [-0.2, -0.15) is 0 Å². The normalized spacial score (nSPS) is 18.7. The van der Waals surface area contributed by atoms with Crippen molar-refractivity contribution in [3.05, 3.63) is 27.5 Å². The number of amides is 1. The maximum Gasteiger partial charge on any atom is 0.229 e. The first kappa shape index (κ1) is 13.2. The predicted molar refractivity (Wildman–Crippen MR) is 73.3 cm³/mol. The molecule has 0 aromatic carbocycles. The minimum absolute atomic E-state index is 0.00603. The van der Waals surface area contributed by atoms with Gasteiger partial charge in [-0.25, -0.2) is 9.61 Å². The van der Waals surface area contributed by atoms with E-state index in [0.717, 1.165) is 41.5 Å². The van der Waals surface area contributed by atoms with Crippen molar-refractivity contribution in [3.8, 4) is 0 Å². The standard InChI is InChI=1S/C13H16N4O2S/c1-8-13(16-19-15-8)11-4-3-5-17(11)12(18)6-10-7-20-9(2)14-10/h7,11H,3-6H2,1-2H3. The number of hydrogen-bond donors (Lipinski definition) is 0. The zero-order chi connectivity index (χ0) is 14.1. The number of nitrogens with zero attached hydrogens (tertiary/aromatic N) is 4. The van der Waals surface area contributed by atoms with Crippen LogP contribution in [0.4, 0.5) is 0 Å². The number of hydrogen-bond acceptors (Lipinski definition) is 6. The van der Waals surface area contributed by atoms with Gasteiger partial charge in [-0.05, 0) is 26.7 Å². The molecule has 3 heterocycles. The zero-order valence-electron chi connectivity index (χ0n) is 11.5. The topological polar surface area (TPSA) is 72.1 Å². The molecule has 1 unspecified atom stereocenters. The fraction of sp³-hybridized carbons (Fsp3) is 0.538. The Morgan fingerprint density at radius 1 is 1.50 bits per heavy atom. The molecule has 1 amide bonds. The molecule has 0 aliphatic carbocycles. The Kier molecular flexibility index (Phi) is 3.52. The van der Waals surface area contributed by atoms with Crippen molar-refractivity contribution in [1.82, 2.24) is 20.2 Å². The van der Waals surface area contributed by atoms with Crippen LogP contribution < -0.4 is 0 Å². The van der Waals surface area contributed by atoms with Crippen molar-refractivity contribution in [2.45, 2.75) is 39.2 Å². The summed E-state index contributed by atoms with van der Waals surface area (Å²) in [5, 5.41) is 10.7. The molecule has 0 radical (unpaired) electrons. The van der Waals surface area contributed by atoms with Gasteiger partial charge in [-0.3, -0.25) is 4.79 Å². The molecule has 0 spiro atoms. The Balaban J connectivity index is 1.75. The molecule has 2 aromatic heterocycles. The van der Waals surface area contributed by atoms with Crippen molar-refractivity contribution in [2.75, 3.05) is 6.54 Å². The van der Waals surface area contributed by atoms with Crippen LogP contribution in [0.25, 0.3) is 0 Å². The van der Waals surface area contributed by atoms with E-state index in [1.165, 1.54) is 0 Å². The van der Waals surface area contributed by atoms with E-state index in [2.05, 4.69) is 15.3 Å². The molecule has 1 fully saturated rings. The lowest BCUT2D eigenvalue weighted by Crippen LogP contribution is -2.32. The van der Waals surface area contributed by atoms with Crippen LogP contribution in [0.2, 0.25) is 0 Å². The second-order valence-corrected chi connectivity index (χ2v) is 6.08. The average molecular weight is 292 g/mol. The first-order valence-electron chi connectivity index (χ1n) is 6.64. The second-order valence-electron chi connectivity index (χ2n) is 5.01. The minimum atomic E-state index is -0.00603. The summed E-state index contributed by atoms with van der Waals surface area (Å²) in [6.07, 6.45) is 2.25. The van der Waals surface area contributed by atoms with E-state index in [0.29, 0.717) is 6.42 Å². The molecule has 0 bridgehead atoms. The Labute approximate surface area is 120 Å². The monoisotopic (exact) mass is 292 g/mol. The Bertz CT molecular complexity index is 621. The van der Waals surface area contributed by atoms with Crippen molar-refractivity contribution >= 4 is 17.2 Å². The molecule has 2 aromatic rings. The summed E-state index contributed by atoms with van der Waals surface area (Å²) in [5.74, 6) is 0.0974. The van der Waals surface area contributed by atoms with Crippen LogP contribution >= 0.6 is 11.3 Å². The van der Waals surface area contributed by atoms with Crippen LogP contribution in [0.1, 0.15) is 41.0 Å². The fourth-order valence-electron chi connectivity index (χ4n) is 2.64. The lowest BCUT2D eigenvalue weighted by molar-refractivity contribution is -0.131. The number of likely N-dealkylation sites (tertiary alicyclic amines) is 1. The SMILES string of the molecule is Cc1nc(CC(=O)N2CCCC2c2nonc2C)cs1. The lowest BCUT2D eigenvalue weighted by atomic mass is 10.1. The third-order valence-corrected chi connectivity index (χ3v) is 4.40. The van der Waals surface area contributed by atoms with Gasteiger partial charge in [0.05, 0.1) is 23.2 Å². The zero-order valence-corrected chi connectivity index (χ0v) is 12.3. The first-order valence-corrected chi connectivity index (χ1v) is 7.52. The molecule has 1 atom stereocenters. The number of rotatable bonds is 3. The number of carbonyl (C=O) groups is 1. The highest BCUT2D eigenvalue weighted by Gasteiger charge is 2.33. The molecule has 0 saturated carbocycles.